The van der Waals surface area contributed by atoms with Gasteiger partial charge in [0.15, 0.2) is 18.1 Å². The van der Waals surface area contributed by atoms with Gasteiger partial charge >= 0.3 is 0 Å². The summed E-state index contributed by atoms with van der Waals surface area (Å²) in [6.45, 7) is 9.37. The zero-order chi connectivity index (χ0) is 20.5. The van der Waals surface area contributed by atoms with Crippen LogP contribution < -0.4 is 19.5 Å². The molecule has 0 aliphatic carbocycles. The molecule has 0 heterocycles. The van der Waals surface area contributed by atoms with Gasteiger partial charge in [0.1, 0.15) is 5.75 Å². The van der Waals surface area contributed by atoms with Crippen molar-refractivity contribution in [2.24, 2.45) is 5.92 Å². The average Bonchev–Trinajstić information content (AvgIpc) is 2.64. The van der Waals surface area contributed by atoms with Crippen LogP contribution in [0, 0.1) is 19.8 Å². The summed E-state index contributed by atoms with van der Waals surface area (Å²) < 4.78 is 16.8. The molecule has 0 bridgehead atoms. The Morgan fingerprint density at radius 2 is 1.71 bits per heavy atom. The monoisotopic (exact) mass is 385 g/mol. The highest BCUT2D eigenvalue weighted by Gasteiger charge is 2.08. The second kappa shape index (κ2) is 10.6. The molecule has 152 valence electrons. The largest absolute Gasteiger partial charge is 0.493 e. The molecule has 1 amide bonds. The number of hydrogen-bond acceptors (Lipinski definition) is 4. The van der Waals surface area contributed by atoms with Crippen molar-refractivity contribution in [3.63, 3.8) is 0 Å². The molecule has 5 heteroatoms. The molecule has 0 fully saturated rings. The van der Waals surface area contributed by atoms with Crippen LogP contribution in [0.15, 0.2) is 36.4 Å². The van der Waals surface area contributed by atoms with E-state index in [1.54, 1.807) is 7.11 Å². The number of rotatable bonds is 10. The Morgan fingerprint density at radius 1 is 1.00 bits per heavy atom. The number of nitrogens with one attached hydrogen (secondary N) is 1. The van der Waals surface area contributed by atoms with Crippen molar-refractivity contribution in [2.75, 3.05) is 20.3 Å². The summed E-state index contributed by atoms with van der Waals surface area (Å²) in [6, 6.07) is 11.6. The second-order valence-electron chi connectivity index (χ2n) is 7.41. The van der Waals surface area contributed by atoms with E-state index in [1.807, 2.05) is 44.2 Å². The fourth-order valence-electron chi connectivity index (χ4n) is 2.76. The predicted molar refractivity (Wildman–Crippen MR) is 111 cm³/mol. The highest BCUT2D eigenvalue weighted by molar-refractivity contribution is 5.77. The molecule has 0 radical (unpaired) electrons. The van der Waals surface area contributed by atoms with E-state index in [-0.39, 0.29) is 12.5 Å². The van der Waals surface area contributed by atoms with Gasteiger partial charge < -0.3 is 19.5 Å². The van der Waals surface area contributed by atoms with Gasteiger partial charge in [-0.15, -0.1) is 0 Å². The second-order valence-corrected chi connectivity index (χ2v) is 7.41. The fraction of sp³-hybridized carbons (Fsp3) is 0.435. The number of aryl methyl sites for hydroxylation is 2. The van der Waals surface area contributed by atoms with Gasteiger partial charge in [0.25, 0.3) is 5.91 Å². The maximum absolute atomic E-state index is 12.1. The molecule has 5 nitrogen and oxygen atoms in total. The molecule has 0 saturated carbocycles. The van der Waals surface area contributed by atoms with E-state index in [4.69, 9.17) is 14.2 Å². The number of ether oxygens (including phenoxy) is 3. The first-order valence-electron chi connectivity index (χ1n) is 9.65. The molecular weight excluding hydrogens is 354 g/mol. The fourth-order valence-corrected chi connectivity index (χ4v) is 2.76. The van der Waals surface area contributed by atoms with Crippen LogP contribution in [-0.2, 0) is 11.3 Å². The zero-order valence-corrected chi connectivity index (χ0v) is 17.5. The van der Waals surface area contributed by atoms with Crippen molar-refractivity contribution >= 4 is 5.91 Å². The van der Waals surface area contributed by atoms with E-state index in [1.165, 1.54) is 0 Å². The Balaban J connectivity index is 1.84. The highest BCUT2D eigenvalue weighted by atomic mass is 16.5. The summed E-state index contributed by atoms with van der Waals surface area (Å²) in [5.74, 6) is 2.51. The van der Waals surface area contributed by atoms with E-state index in [9.17, 15) is 4.79 Å². The van der Waals surface area contributed by atoms with Gasteiger partial charge in [0, 0.05) is 6.54 Å². The number of carbonyl (C=O) groups is 1. The van der Waals surface area contributed by atoms with Crippen LogP contribution >= 0.6 is 0 Å². The van der Waals surface area contributed by atoms with E-state index >= 15 is 0 Å². The van der Waals surface area contributed by atoms with Crippen molar-refractivity contribution in [2.45, 2.75) is 40.7 Å². The van der Waals surface area contributed by atoms with Crippen molar-refractivity contribution in [1.29, 1.82) is 0 Å². The van der Waals surface area contributed by atoms with Crippen LogP contribution in [-0.4, -0.2) is 26.2 Å². The first-order chi connectivity index (χ1) is 13.4. The Labute approximate surface area is 168 Å². The predicted octanol–water partition coefficient (Wildman–Crippen LogP) is 4.43. The molecule has 2 aromatic rings. The van der Waals surface area contributed by atoms with Gasteiger partial charge in [0.05, 0.1) is 13.7 Å². The lowest BCUT2D eigenvalue weighted by Gasteiger charge is -2.13. The van der Waals surface area contributed by atoms with Gasteiger partial charge in [-0.2, -0.15) is 0 Å². The summed E-state index contributed by atoms with van der Waals surface area (Å²) in [7, 11) is 1.62. The lowest BCUT2D eigenvalue weighted by atomic mass is 10.1. The molecule has 0 saturated heterocycles. The lowest BCUT2D eigenvalue weighted by molar-refractivity contribution is -0.123. The highest BCUT2D eigenvalue weighted by Crippen LogP contribution is 2.28. The van der Waals surface area contributed by atoms with Crippen LogP contribution in [0.2, 0.25) is 0 Å². The average molecular weight is 386 g/mol. The first kappa shape index (κ1) is 21.6. The Bertz CT molecular complexity index is 766. The van der Waals surface area contributed by atoms with Crippen LogP contribution in [0.4, 0.5) is 0 Å². The van der Waals surface area contributed by atoms with Crippen LogP contribution in [0.5, 0.6) is 17.2 Å². The van der Waals surface area contributed by atoms with Crippen molar-refractivity contribution in [1.82, 2.24) is 5.32 Å². The SMILES string of the molecule is COc1cc(CNC(=O)COc2cc(C)cc(C)c2)ccc1OCCC(C)C. The normalized spacial score (nSPS) is 10.6. The summed E-state index contributed by atoms with van der Waals surface area (Å²) >= 11 is 0. The minimum absolute atomic E-state index is 0.0174. The molecule has 1 N–H and O–H groups in total. The van der Waals surface area contributed by atoms with Crippen LogP contribution in [0.3, 0.4) is 0 Å². The van der Waals surface area contributed by atoms with Gasteiger partial charge in [0.2, 0.25) is 0 Å². The molecule has 28 heavy (non-hydrogen) atoms. The van der Waals surface area contributed by atoms with Gasteiger partial charge in [-0.3, -0.25) is 4.79 Å². The number of methoxy groups -OCH3 is 1. The third-order valence-corrected chi connectivity index (χ3v) is 4.24. The van der Waals surface area contributed by atoms with Crippen LogP contribution in [0.25, 0.3) is 0 Å². The third-order valence-electron chi connectivity index (χ3n) is 4.24. The maximum Gasteiger partial charge on any atom is 0.258 e. The molecular formula is C23H31NO4. The van der Waals surface area contributed by atoms with Gasteiger partial charge in [-0.1, -0.05) is 26.0 Å². The Morgan fingerprint density at radius 3 is 2.36 bits per heavy atom. The molecule has 0 atom stereocenters. The first-order valence-corrected chi connectivity index (χ1v) is 9.65. The number of hydrogen-bond donors (Lipinski definition) is 1. The number of carbonyl (C=O) groups excluding carboxylic acids is 1. The molecule has 2 aromatic carbocycles. The molecule has 0 aromatic heterocycles. The van der Waals surface area contributed by atoms with E-state index in [0.29, 0.717) is 30.6 Å². The van der Waals surface area contributed by atoms with E-state index in [2.05, 4.69) is 25.2 Å². The molecule has 2 rings (SSSR count). The maximum atomic E-state index is 12.1. The summed E-state index contributed by atoms with van der Waals surface area (Å²) in [5.41, 5.74) is 3.16. The van der Waals surface area contributed by atoms with Crippen LogP contribution in [0.1, 0.15) is 37.0 Å². The summed E-state index contributed by atoms with van der Waals surface area (Å²) in [5, 5.41) is 2.87. The van der Waals surface area contributed by atoms with Gasteiger partial charge in [-0.05, 0) is 67.1 Å². The summed E-state index contributed by atoms with van der Waals surface area (Å²) in [6.07, 6.45) is 0.988. The minimum atomic E-state index is -0.171. The molecule has 0 spiro atoms. The number of amides is 1. The molecule has 0 aliphatic heterocycles. The van der Waals surface area contributed by atoms with Crippen molar-refractivity contribution < 1.29 is 19.0 Å². The van der Waals surface area contributed by atoms with Crippen molar-refractivity contribution in [3.05, 3.63) is 53.1 Å². The topological polar surface area (TPSA) is 56.8 Å². The lowest BCUT2D eigenvalue weighted by Crippen LogP contribution is -2.28. The third kappa shape index (κ3) is 7.14. The quantitative estimate of drug-likeness (QED) is 0.657. The zero-order valence-electron chi connectivity index (χ0n) is 17.5. The van der Waals surface area contributed by atoms with Crippen molar-refractivity contribution in [3.8, 4) is 17.2 Å². The van der Waals surface area contributed by atoms with E-state index in [0.717, 1.165) is 28.9 Å². The Kier molecular flexibility index (Phi) is 8.18. The molecule has 0 aliphatic rings. The summed E-state index contributed by atoms with van der Waals surface area (Å²) in [4.78, 5) is 12.1. The minimum Gasteiger partial charge on any atom is -0.493 e. The standard InChI is InChI=1S/C23H31NO4/c1-16(2)8-9-27-21-7-6-19(13-22(21)26-5)14-24-23(25)15-28-20-11-17(3)10-18(4)12-20/h6-7,10-13,16H,8-9,14-15H2,1-5H3,(H,24,25). The number of benzene rings is 2. The smallest absolute Gasteiger partial charge is 0.258 e. The Hall–Kier alpha value is -2.69. The van der Waals surface area contributed by atoms with Gasteiger partial charge in [-0.25, -0.2) is 0 Å². The van der Waals surface area contributed by atoms with E-state index < -0.39 is 0 Å². The molecule has 0 unspecified atom stereocenters.